The molecule has 0 aromatic carbocycles. The summed E-state index contributed by atoms with van der Waals surface area (Å²) >= 11 is 0. The van der Waals surface area contributed by atoms with Crippen molar-refractivity contribution in [2.45, 2.75) is 26.7 Å². The van der Waals surface area contributed by atoms with Crippen molar-refractivity contribution in [2.75, 3.05) is 26.3 Å². The van der Waals surface area contributed by atoms with Crippen LogP contribution >= 0.6 is 0 Å². The van der Waals surface area contributed by atoms with Crippen molar-refractivity contribution >= 4 is 5.91 Å². The van der Waals surface area contributed by atoms with E-state index in [2.05, 4.69) is 5.32 Å². The Morgan fingerprint density at radius 3 is 2.87 bits per heavy atom. The minimum Gasteiger partial charge on any atom is -0.381 e. The van der Waals surface area contributed by atoms with Crippen LogP contribution in [-0.2, 0) is 9.53 Å². The van der Waals surface area contributed by atoms with Gasteiger partial charge in [-0.25, -0.2) is 0 Å². The molecule has 4 heteroatoms. The van der Waals surface area contributed by atoms with Crippen molar-refractivity contribution in [3.8, 4) is 0 Å². The average Bonchev–Trinajstić information content (AvgIpc) is 2.19. The molecule has 1 aliphatic heterocycles. The second-order valence-corrected chi connectivity index (χ2v) is 4.96. The van der Waals surface area contributed by atoms with Crippen molar-refractivity contribution in [1.82, 2.24) is 5.32 Å². The number of hydrogen-bond acceptors (Lipinski definition) is 3. The molecule has 1 saturated heterocycles. The fourth-order valence-corrected chi connectivity index (χ4v) is 1.64. The van der Waals surface area contributed by atoms with Crippen LogP contribution < -0.4 is 11.1 Å². The molecule has 1 rings (SSSR count). The van der Waals surface area contributed by atoms with Gasteiger partial charge in [-0.3, -0.25) is 4.79 Å². The zero-order valence-corrected chi connectivity index (χ0v) is 9.71. The highest BCUT2D eigenvalue weighted by Gasteiger charge is 2.24. The average molecular weight is 214 g/mol. The van der Waals surface area contributed by atoms with E-state index in [0.29, 0.717) is 12.5 Å². The van der Waals surface area contributed by atoms with Crippen LogP contribution in [-0.4, -0.2) is 32.2 Å². The van der Waals surface area contributed by atoms with Crippen molar-refractivity contribution in [3.63, 3.8) is 0 Å². The zero-order valence-electron chi connectivity index (χ0n) is 9.71. The van der Waals surface area contributed by atoms with Gasteiger partial charge in [-0.15, -0.1) is 0 Å². The Labute approximate surface area is 91.5 Å². The maximum atomic E-state index is 11.1. The van der Waals surface area contributed by atoms with Gasteiger partial charge < -0.3 is 15.8 Å². The number of nitrogens with one attached hydrogen (secondary N) is 1. The lowest BCUT2D eigenvalue weighted by Gasteiger charge is -2.25. The van der Waals surface area contributed by atoms with Crippen LogP contribution in [0, 0.1) is 11.3 Å². The molecule has 0 aliphatic carbocycles. The van der Waals surface area contributed by atoms with Crippen LogP contribution in [0.1, 0.15) is 26.7 Å². The Morgan fingerprint density at radius 1 is 1.60 bits per heavy atom. The Kier molecular flexibility index (Phi) is 4.54. The number of carbonyl (C=O) groups is 1. The highest BCUT2D eigenvalue weighted by Crippen LogP contribution is 2.14. The zero-order chi connectivity index (χ0) is 11.3. The predicted molar refractivity (Wildman–Crippen MR) is 59.4 cm³/mol. The van der Waals surface area contributed by atoms with Gasteiger partial charge in [-0.1, -0.05) is 0 Å². The quantitative estimate of drug-likeness (QED) is 0.701. The Bertz CT molecular complexity index is 211. The summed E-state index contributed by atoms with van der Waals surface area (Å²) in [4.78, 5) is 11.1. The summed E-state index contributed by atoms with van der Waals surface area (Å²) in [7, 11) is 0. The smallest absolute Gasteiger partial charge is 0.224 e. The van der Waals surface area contributed by atoms with Crippen LogP contribution in [0.3, 0.4) is 0 Å². The lowest BCUT2D eigenvalue weighted by Crippen LogP contribution is -2.42. The van der Waals surface area contributed by atoms with Crippen LogP contribution in [0.15, 0.2) is 0 Å². The maximum Gasteiger partial charge on any atom is 0.224 e. The number of carbonyl (C=O) groups excluding carboxylic acids is 1. The standard InChI is InChI=1S/C11H22N2O2/c1-11(2,10(12)14)8-13-6-9-4-3-5-15-7-9/h9,13H,3-8H2,1-2H3,(H2,12,14). The number of primary amides is 1. The third-order valence-corrected chi connectivity index (χ3v) is 2.92. The molecule has 0 saturated carbocycles. The number of amides is 1. The first-order chi connectivity index (χ1) is 7.02. The molecule has 0 aromatic rings. The van der Waals surface area contributed by atoms with E-state index in [-0.39, 0.29) is 5.91 Å². The van der Waals surface area contributed by atoms with E-state index in [1.54, 1.807) is 0 Å². The molecule has 0 spiro atoms. The van der Waals surface area contributed by atoms with Gasteiger partial charge in [0.15, 0.2) is 0 Å². The second-order valence-electron chi connectivity index (χ2n) is 4.96. The molecule has 15 heavy (non-hydrogen) atoms. The number of rotatable bonds is 5. The highest BCUT2D eigenvalue weighted by atomic mass is 16.5. The van der Waals surface area contributed by atoms with Crippen molar-refractivity contribution in [2.24, 2.45) is 17.1 Å². The molecule has 0 bridgehead atoms. The Hall–Kier alpha value is -0.610. The molecule has 4 nitrogen and oxygen atoms in total. The molecular formula is C11H22N2O2. The molecule has 1 heterocycles. The lowest BCUT2D eigenvalue weighted by molar-refractivity contribution is -0.125. The molecule has 88 valence electrons. The summed E-state index contributed by atoms with van der Waals surface area (Å²) in [5.41, 5.74) is 4.82. The first-order valence-corrected chi connectivity index (χ1v) is 5.61. The summed E-state index contributed by atoms with van der Waals surface area (Å²) in [6.07, 6.45) is 2.36. The molecule has 1 amide bonds. The highest BCUT2D eigenvalue weighted by molar-refractivity contribution is 5.80. The fraction of sp³-hybridized carbons (Fsp3) is 0.909. The first kappa shape index (κ1) is 12.5. The van der Waals surface area contributed by atoms with E-state index >= 15 is 0 Å². The van der Waals surface area contributed by atoms with E-state index in [9.17, 15) is 4.79 Å². The van der Waals surface area contributed by atoms with Gasteiger partial charge in [0.1, 0.15) is 0 Å². The second kappa shape index (κ2) is 5.47. The minimum atomic E-state index is -0.463. The first-order valence-electron chi connectivity index (χ1n) is 5.61. The van der Waals surface area contributed by atoms with Crippen molar-refractivity contribution < 1.29 is 9.53 Å². The van der Waals surface area contributed by atoms with Crippen molar-refractivity contribution in [1.29, 1.82) is 0 Å². The molecule has 3 N–H and O–H groups in total. The third-order valence-electron chi connectivity index (χ3n) is 2.92. The maximum absolute atomic E-state index is 11.1. The largest absolute Gasteiger partial charge is 0.381 e. The summed E-state index contributed by atoms with van der Waals surface area (Å²) in [6.45, 7) is 7.00. The Morgan fingerprint density at radius 2 is 2.33 bits per heavy atom. The number of nitrogens with two attached hydrogens (primary N) is 1. The predicted octanol–water partition coefficient (Wildman–Crippen LogP) is 0.514. The van der Waals surface area contributed by atoms with E-state index in [4.69, 9.17) is 10.5 Å². The van der Waals surface area contributed by atoms with Crippen LogP contribution in [0.2, 0.25) is 0 Å². The van der Waals surface area contributed by atoms with E-state index in [1.165, 1.54) is 6.42 Å². The van der Waals surface area contributed by atoms with E-state index in [1.807, 2.05) is 13.8 Å². The van der Waals surface area contributed by atoms with Gasteiger partial charge >= 0.3 is 0 Å². The molecule has 1 unspecified atom stereocenters. The summed E-state index contributed by atoms with van der Waals surface area (Å²) in [5, 5.41) is 3.30. The monoisotopic (exact) mass is 214 g/mol. The van der Waals surface area contributed by atoms with Gasteiger partial charge in [-0.05, 0) is 32.6 Å². The summed E-state index contributed by atoms with van der Waals surface area (Å²) < 4.78 is 5.38. The molecule has 0 aromatic heterocycles. The molecule has 1 aliphatic rings. The van der Waals surface area contributed by atoms with E-state index in [0.717, 1.165) is 26.2 Å². The molecule has 1 fully saturated rings. The van der Waals surface area contributed by atoms with Gasteiger partial charge in [0.05, 0.1) is 12.0 Å². The number of ether oxygens (including phenoxy) is 1. The van der Waals surface area contributed by atoms with Crippen LogP contribution in [0.4, 0.5) is 0 Å². The molecule has 1 atom stereocenters. The fourth-order valence-electron chi connectivity index (χ4n) is 1.64. The lowest BCUT2D eigenvalue weighted by atomic mass is 9.92. The topological polar surface area (TPSA) is 64.3 Å². The normalized spacial score (nSPS) is 22.7. The van der Waals surface area contributed by atoms with Gasteiger partial charge in [0.25, 0.3) is 0 Å². The summed E-state index contributed by atoms with van der Waals surface area (Å²) in [6, 6.07) is 0. The van der Waals surface area contributed by atoms with Gasteiger partial charge in [-0.2, -0.15) is 0 Å². The molecular weight excluding hydrogens is 192 g/mol. The van der Waals surface area contributed by atoms with Gasteiger partial charge in [0.2, 0.25) is 5.91 Å². The summed E-state index contributed by atoms with van der Waals surface area (Å²) in [5.74, 6) is 0.331. The number of hydrogen-bond donors (Lipinski definition) is 2. The van der Waals surface area contributed by atoms with Crippen LogP contribution in [0.25, 0.3) is 0 Å². The van der Waals surface area contributed by atoms with Gasteiger partial charge in [0, 0.05) is 19.7 Å². The SMILES string of the molecule is CC(C)(CNCC1CCCOC1)C(N)=O. The minimum absolute atomic E-state index is 0.255. The van der Waals surface area contributed by atoms with Crippen molar-refractivity contribution in [3.05, 3.63) is 0 Å². The molecule has 0 radical (unpaired) electrons. The Balaban J connectivity index is 2.17. The van der Waals surface area contributed by atoms with Crippen LogP contribution in [0.5, 0.6) is 0 Å². The van der Waals surface area contributed by atoms with E-state index < -0.39 is 5.41 Å². The third kappa shape index (κ3) is 4.18.